The summed E-state index contributed by atoms with van der Waals surface area (Å²) in [5.74, 6) is -3.07. The molecule has 9 aromatic rings. The Kier molecular flexibility index (Phi) is 10.4. The maximum atomic E-state index is 11.8. The molecule has 0 radical (unpaired) electrons. The van der Waals surface area contributed by atoms with Gasteiger partial charge in [-0.05, 0) is 83.3 Å². The summed E-state index contributed by atoms with van der Waals surface area (Å²) in [5.41, 5.74) is 6.58. The molecule has 54 heavy (non-hydrogen) atoms. The number of fused-ring (bicyclic) bond motifs is 6. The third kappa shape index (κ3) is 7.68. The molecule has 16 heteroatoms. The highest BCUT2D eigenvalue weighted by molar-refractivity contribution is 8.13. The quantitative estimate of drug-likeness (QED) is 0.100. The lowest BCUT2D eigenvalue weighted by atomic mass is 10.1. The second kappa shape index (κ2) is 15.2. The third-order valence-electron chi connectivity index (χ3n) is 8.14. The first kappa shape index (κ1) is 37.0. The topological polar surface area (TPSA) is 161 Å². The number of H-pyrrole nitrogens is 2. The summed E-state index contributed by atoms with van der Waals surface area (Å²) in [6.07, 6.45) is 0. The molecular formula is C38H25Cl4N6O5P. The maximum Gasteiger partial charge on any atom is 0.326 e. The number of halogens is 4. The van der Waals surface area contributed by atoms with Gasteiger partial charge in [-0.25, -0.2) is 24.7 Å². The number of nitrogens with zero attached hydrogens (tertiary/aromatic N) is 4. The molecule has 270 valence electrons. The molecule has 0 amide bonds. The van der Waals surface area contributed by atoms with E-state index in [0.29, 0.717) is 38.7 Å². The summed E-state index contributed by atoms with van der Waals surface area (Å²) >= 11 is 22.7. The summed E-state index contributed by atoms with van der Waals surface area (Å²) in [4.78, 5) is 45.3. The molecule has 0 aliphatic carbocycles. The van der Waals surface area contributed by atoms with Gasteiger partial charge in [0.15, 0.2) is 10.7 Å². The molecule has 2 N–H and O–H groups in total. The Morgan fingerprint density at radius 3 is 1.67 bits per heavy atom. The number of hydrogen-bond donors (Lipinski definition) is 2. The lowest BCUT2D eigenvalue weighted by molar-refractivity contribution is 0.597. The Bertz CT molecular complexity index is 2980. The molecule has 0 bridgehead atoms. The first-order chi connectivity index (χ1) is 25.9. The van der Waals surface area contributed by atoms with Crippen molar-refractivity contribution in [3.63, 3.8) is 0 Å². The van der Waals surface area contributed by atoms with Gasteiger partial charge in [0.1, 0.15) is 11.0 Å². The number of pyridine rings is 2. The minimum atomic E-state index is -3.07. The van der Waals surface area contributed by atoms with E-state index in [1.54, 1.807) is 24.3 Å². The molecule has 11 nitrogen and oxygen atoms in total. The molecule has 0 unspecified atom stereocenters. The molecule has 0 saturated heterocycles. The second-order valence-electron chi connectivity index (χ2n) is 11.8. The van der Waals surface area contributed by atoms with Crippen molar-refractivity contribution in [1.82, 2.24) is 29.9 Å². The first-order valence-corrected chi connectivity index (χ1v) is 20.3. The Morgan fingerprint density at radius 1 is 0.630 bits per heavy atom. The van der Waals surface area contributed by atoms with Crippen molar-refractivity contribution in [2.24, 2.45) is 0 Å². The van der Waals surface area contributed by atoms with Crippen molar-refractivity contribution < 1.29 is 13.4 Å². The number of aryl methyl sites for hydroxylation is 2. The molecule has 0 fully saturated rings. The van der Waals surface area contributed by atoms with Crippen molar-refractivity contribution in [1.29, 1.82) is 0 Å². The predicted molar refractivity (Wildman–Crippen MR) is 216 cm³/mol. The summed E-state index contributed by atoms with van der Waals surface area (Å²) in [5, 5.41) is 2.22. The van der Waals surface area contributed by atoms with Gasteiger partial charge in [-0.2, -0.15) is 0 Å². The van der Waals surface area contributed by atoms with E-state index in [1.165, 1.54) is 0 Å². The van der Waals surface area contributed by atoms with Crippen LogP contribution in [0.15, 0.2) is 122 Å². The fraction of sp³-hybridized carbons (Fsp3) is 0.0526. The smallest absolute Gasteiger partial charge is 0.326 e. The average Bonchev–Trinajstić information content (AvgIpc) is 3.72. The summed E-state index contributed by atoms with van der Waals surface area (Å²) in [7, 11) is 0. The van der Waals surface area contributed by atoms with Gasteiger partial charge in [0.25, 0.3) is 11.4 Å². The highest BCUT2D eigenvalue weighted by Gasteiger charge is 2.19. The van der Waals surface area contributed by atoms with Crippen LogP contribution in [0.3, 0.4) is 0 Å². The maximum absolute atomic E-state index is 11.8. The SMILES string of the molecule is Cc1cc(-c2ccccc2)nc2oc3c(=O)[nH]c(=O)[nH]c3c12.Cc1cc(-c2ccccc2)nc2oc3c(Cl)nc(Cl)nc3c12.O=P(Cl)(Cl)c1ccccc1. The molecule has 6 heterocycles. The van der Waals surface area contributed by atoms with E-state index in [2.05, 4.69) is 29.9 Å². The number of rotatable bonds is 3. The fourth-order valence-electron chi connectivity index (χ4n) is 5.74. The molecule has 0 atom stereocenters. The normalized spacial score (nSPS) is 11.4. The van der Waals surface area contributed by atoms with Gasteiger partial charge in [0.2, 0.25) is 22.3 Å². The van der Waals surface area contributed by atoms with Gasteiger partial charge in [-0.15, -0.1) is 0 Å². The van der Waals surface area contributed by atoms with E-state index in [0.717, 1.165) is 39.0 Å². The number of nitrogens with one attached hydrogen (secondary N) is 2. The zero-order valence-corrected chi connectivity index (χ0v) is 32.0. The van der Waals surface area contributed by atoms with Crippen LogP contribution in [0.25, 0.3) is 66.9 Å². The van der Waals surface area contributed by atoms with Gasteiger partial charge in [0, 0.05) is 16.4 Å². The fourth-order valence-corrected chi connectivity index (χ4v) is 7.36. The van der Waals surface area contributed by atoms with E-state index in [4.69, 9.17) is 54.5 Å². The van der Waals surface area contributed by atoms with Gasteiger partial charge >= 0.3 is 5.69 Å². The Labute approximate surface area is 324 Å². The molecule has 0 aliphatic rings. The molecular weight excluding hydrogens is 793 g/mol. The van der Waals surface area contributed by atoms with Crippen molar-refractivity contribution >= 4 is 101 Å². The highest BCUT2D eigenvalue weighted by atomic mass is 35.9. The zero-order chi connectivity index (χ0) is 38.1. The monoisotopic (exact) mass is 816 g/mol. The lowest BCUT2D eigenvalue weighted by Crippen LogP contribution is -2.20. The minimum absolute atomic E-state index is 0.0791. The minimum Gasteiger partial charge on any atom is -0.433 e. The van der Waals surface area contributed by atoms with Gasteiger partial charge in [0.05, 0.1) is 22.2 Å². The predicted octanol–water partition coefficient (Wildman–Crippen LogP) is 10.4. The van der Waals surface area contributed by atoms with E-state index in [9.17, 15) is 14.2 Å². The van der Waals surface area contributed by atoms with E-state index >= 15 is 0 Å². The molecule has 3 aromatic carbocycles. The van der Waals surface area contributed by atoms with E-state index in [1.807, 2.05) is 92.7 Å². The van der Waals surface area contributed by atoms with Crippen LogP contribution in [-0.2, 0) is 4.57 Å². The standard InChI is InChI=1S/C16H9Cl2N3O.C16H11N3O3.C6H5Cl2OP/c1-8-7-10(9-5-3-2-4-6-9)19-15-11(8)12-13(22-15)14(17)21-16(18)20-12;1-8-7-10(9-5-3-2-4-6-9)17-15-11(8)12-13(22-15)14(20)19-16(21)18-12;7-10(8,9)6-4-2-1-3-5-6/h2-7H,1H3;2-7H,1H3,(H2,18,19,20,21);1-5H. The van der Waals surface area contributed by atoms with Gasteiger partial charge in [-0.3, -0.25) is 14.3 Å². The van der Waals surface area contributed by atoms with E-state index in [-0.39, 0.29) is 16.0 Å². The number of benzene rings is 3. The third-order valence-corrected chi connectivity index (χ3v) is 10.6. The summed E-state index contributed by atoms with van der Waals surface area (Å²) in [6.45, 7) is 3.88. The molecule has 0 aliphatic heterocycles. The Hall–Kier alpha value is -5.29. The van der Waals surface area contributed by atoms with Crippen LogP contribution in [0.2, 0.25) is 10.4 Å². The number of furan rings is 2. The van der Waals surface area contributed by atoms with Crippen molar-refractivity contribution in [3.05, 3.63) is 146 Å². The second-order valence-corrected chi connectivity index (χ2v) is 17.3. The molecule has 0 saturated carbocycles. The molecule has 6 aromatic heterocycles. The van der Waals surface area contributed by atoms with Crippen LogP contribution in [0.4, 0.5) is 0 Å². The Morgan fingerprint density at radius 2 is 1.13 bits per heavy atom. The lowest BCUT2D eigenvalue weighted by Gasteiger charge is -2.02. The van der Waals surface area contributed by atoms with Crippen LogP contribution in [-0.4, -0.2) is 29.9 Å². The zero-order valence-electron chi connectivity index (χ0n) is 28.1. The van der Waals surface area contributed by atoms with Crippen LogP contribution >= 0.6 is 51.5 Å². The Balaban J connectivity index is 0.000000134. The largest absolute Gasteiger partial charge is 0.433 e. The first-order valence-electron chi connectivity index (χ1n) is 16.0. The van der Waals surface area contributed by atoms with Crippen molar-refractivity contribution in [2.45, 2.75) is 13.8 Å². The van der Waals surface area contributed by atoms with Gasteiger partial charge < -0.3 is 13.8 Å². The number of aromatic nitrogens is 6. The van der Waals surface area contributed by atoms with Gasteiger partial charge in [-0.1, -0.05) is 90.5 Å². The molecule has 0 spiro atoms. The number of hydrogen-bond acceptors (Lipinski definition) is 9. The van der Waals surface area contributed by atoms with Crippen LogP contribution in [0.1, 0.15) is 11.1 Å². The molecule has 9 rings (SSSR count). The van der Waals surface area contributed by atoms with Crippen molar-refractivity contribution in [3.8, 4) is 22.5 Å². The van der Waals surface area contributed by atoms with Crippen LogP contribution in [0, 0.1) is 13.8 Å². The van der Waals surface area contributed by atoms with Crippen molar-refractivity contribution in [2.75, 3.05) is 0 Å². The van der Waals surface area contributed by atoms with E-state index < -0.39 is 17.1 Å². The average molecular weight is 818 g/mol. The summed E-state index contributed by atoms with van der Waals surface area (Å²) in [6, 6.07) is 32.1. The highest BCUT2D eigenvalue weighted by Crippen LogP contribution is 2.55. The van der Waals surface area contributed by atoms with Crippen LogP contribution < -0.4 is 16.6 Å². The number of aromatic amines is 2. The van der Waals surface area contributed by atoms with Crippen LogP contribution in [0.5, 0.6) is 0 Å². The summed E-state index contributed by atoms with van der Waals surface area (Å²) < 4.78 is 22.3.